The molecule has 3 aromatic rings. The van der Waals surface area contributed by atoms with Crippen molar-refractivity contribution in [2.75, 3.05) is 6.54 Å². The Hall–Kier alpha value is -2.75. The SMILES string of the molecule is Cc1ccc2nc(C)c(C)c(C(=O)N3CCCC[C@@H]3c3ccccn3)c2c1. The molecule has 1 amide bonds. The zero-order chi connectivity index (χ0) is 19.0. The van der Waals surface area contributed by atoms with Gasteiger partial charge < -0.3 is 4.90 Å². The molecule has 4 rings (SSSR count). The molecular weight excluding hydrogens is 334 g/mol. The molecule has 1 aliphatic rings. The summed E-state index contributed by atoms with van der Waals surface area (Å²) in [5, 5.41) is 0.952. The lowest BCUT2D eigenvalue weighted by atomic mass is 9.94. The average Bonchev–Trinajstić information content (AvgIpc) is 2.70. The summed E-state index contributed by atoms with van der Waals surface area (Å²) in [7, 11) is 0. The monoisotopic (exact) mass is 359 g/mol. The Labute approximate surface area is 160 Å². The Kier molecular flexibility index (Phi) is 4.65. The van der Waals surface area contributed by atoms with E-state index in [1.54, 1.807) is 0 Å². The second kappa shape index (κ2) is 7.10. The maximum absolute atomic E-state index is 13.8. The van der Waals surface area contributed by atoms with E-state index in [1.165, 1.54) is 0 Å². The van der Waals surface area contributed by atoms with E-state index >= 15 is 0 Å². The van der Waals surface area contributed by atoms with Gasteiger partial charge in [-0.2, -0.15) is 0 Å². The standard InChI is InChI=1S/C23H25N3O/c1-15-10-11-19-18(14-15)22(16(2)17(3)25-19)23(27)26-13-7-5-9-21(26)20-8-4-6-12-24-20/h4,6,8,10-12,14,21H,5,7,9,13H2,1-3H3/t21-/m1/s1. The lowest BCUT2D eigenvalue weighted by Gasteiger charge is -2.36. The molecule has 1 aromatic carbocycles. The number of hydrogen-bond donors (Lipinski definition) is 0. The van der Waals surface area contributed by atoms with E-state index in [1.807, 2.05) is 49.2 Å². The van der Waals surface area contributed by atoms with Crippen molar-refractivity contribution < 1.29 is 4.79 Å². The molecule has 0 radical (unpaired) electrons. The molecule has 0 unspecified atom stereocenters. The number of carbonyl (C=O) groups excluding carboxylic acids is 1. The molecule has 1 atom stereocenters. The smallest absolute Gasteiger partial charge is 0.255 e. The number of aromatic nitrogens is 2. The summed E-state index contributed by atoms with van der Waals surface area (Å²) in [6, 6.07) is 12.1. The van der Waals surface area contributed by atoms with Crippen molar-refractivity contribution in [3.63, 3.8) is 0 Å². The predicted molar refractivity (Wildman–Crippen MR) is 108 cm³/mol. The van der Waals surface area contributed by atoms with Gasteiger partial charge >= 0.3 is 0 Å². The van der Waals surface area contributed by atoms with Gasteiger partial charge in [0.05, 0.1) is 22.8 Å². The topological polar surface area (TPSA) is 46.1 Å². The molecule has 138 valence electrons. The summed E-state index contributed by atoms with van der Waals surface area (Å²) in [6.07, 6.45) is 4.93. The molecule has 0 saturated carbocycles. The fourth-order valence-electron chi connectivity index (χ4n) is 4.07. The third kappa shape index (κ3) is 3.20. The lowest BCUT2D eigenvalue weighted by Crippen LogP contribution is -2.39. The number of hydrogen-bond acceptors (Lipinski definition) is 3. The number of amides is 1. The molecule has 0 aliphatic carbocycles. The first-order valence-corrected chi connectivity index (χ1v) is 9.65. The number of nitrogens with zero attached hydrogens (tertiary/aromatic N) is 3. The normalized spacial score (nSPS) is 17.3. The summed E-state index contributed by atoms with van der Waals surface area (Å²) < 4.78 is 0. The van der Waals surface area contributed by atoms with Crippen LogP contribution in [0.25, 0.3) is 10.9 Å². The van der Waals surface area contributed by atoms with Gasteiger partial charge in [-0.3, -0.25) is 14.8 Å². The number of pyridine rings is 2. The first-order valence-electron chi connectivity index (χ1n) is 9.65. The first kappa shape index (κ1) is 17.7. The fraction of sp³-hybridized carbons (Fsp3) is 0.348. The van der Waals surface area contributed by atoms with Crippen molar-refractivity contribution in [2.45, 2.75) is 46.1 Å². The Bertz CT molecular complexity index is 997. The van der Waals surface area contributed by atoms with Crippen molar-refractivity contribution in [3.8, 4) is 0 Å². The molecule has 27 heavy (non-hydrogen) atoms. The average molecular weight is 359 g/mol. The highest BCUT2D eigenvalue weighted by atomic mass is 16.2. The van der Waals surface area contributed by atoms with Crippen molar-refractivity contribution in [1.29, 1.82) is 0 Å². The van der Waals surface area contributed by atoms with Gasteiger partial charge in [0.25, 0.3) is 5.91 Å². The molecule has 0 N–H and O–H groups in total. The molecule has 4 heteroatoms. The molecular formula is C23H25N3O. The van der Waals surface area contributed by atoms with E-state index in [2.05, 4.69) is 24.0 Å². The number of aryl methyl sites for hydroxylation is 2. The van der Waals surface area contributed by atoms with E-state index in [4.69, 9.17) is 4.98 Å². The van der Waals surface area contributed by atoms with Crippen LogP contribution >= 0.6 is 0 Å². The van der Waals surface area contributed by atoms with E-state index in [0.717, 1.165) is 64.8 Å². The van der Waals surface area contributed by atoms with E-state index in [9.17, 15) is 4.79 Å². The third-order valence-electron chi connectivity index (χ3n) is 5.63. The van der Waals surface area contributed by atoms with Crippen molar-refractivity contribution in [3.05, 3.63) is 70.7 Å². The van der Waals surface area contributed by atoms with Crippen LogP contribution in [-0.2, 0) is 0 Å². The Morgan fingerprint density at radius 2 is 1.96 bits per heavy atom. The number of fused-ring (bicyclic) bond motifs is 1. The molecule has 0 bridgehead atoms. The first-order chi connectivity index (χ1) is 13.1. The second-order valence-electron chi connectivity index (χ2n) is 7.48. The van der Waals surface area contributed by atoms with Crippen LogP contribution in [-0.4, -0.2) is 27.3 Å². The van der Waals surface area contributed by atoms with E-state index in [-0.39, 0.29) is 11.9 Å². The minimum atomic E-state index is 0.0418. The van der Waals surface area contributed by atoms with Gasteiger partial charge in [0.2, 0.25) is 0 Å². The van der Waals surface area contributed by atoms with Crippen LogP contribution in [0.5, 0.6) is 0 Å². The van der Waals surface area contributed by atoms with Crippen LogP contribution in [0.15, 0.2) is 42.6 Å². The van der Waals surface area contributed by atoms with Gasteiger partial charge in [-0.15, -0.1) is 0 Å². The number of piperidine rings is 1. The van der Waals surface area contributed by atoms with Gasteiger partial charge in [0, 0.05) is 23.8 Å². The Morgan fingerprint density at radius 1 is 1.11 bits per heavy atom. The van der Waals surface area contributed by atoms with Crippen molar-refractivity contribution >= 4 is 16.8 Å². The van der Waals surface area contributed by atoms with Crippen molar-refractivity contribution in [2.24, 2.45) is 0 Å². The van der Waals surface area contributed by atoms with E-state index in [0.29, 0.717) is 0 Å². The maximum atomic E-state index is 13.8. The molecule has 1 aliphatic heterocycles. The summed E-state index contributed by atoms with van der Waals surface area (Å²) in [6.45, 7) is 6.82. The van der Waals surface area contributed by atoms with Crippen LogP contribution in [0.4, 0.5) is 0 Å². The number of likely N-dealkylation sites (tertiary alicyclic amines) is 1. The van der Waals surface area contributed by atoms with Gasteiger partial charge in [0.15, 0.2) is 0 Å². The zero-order valence-electron chi connectivity index (χ0n) is 16.2. The van der Waals surface area contributed by atoms with Gasteiger partial charge in [0.1, 0.15) is 0 Å². The highest BCUT2D eigenvalue weighted by Crippen LogP contribution is 2.33. The Morgan fingerprint density at radius 3 is 2.74 bits per heavy atom. The lowest BCUT2D eigenvalue weighted by molar-refractivity contribution is 0.0607. The van der Waals surface area contributed by atoms with E-state index < -0.39 is 0 Å². The van der Waals surface area contributed by atoms with Gasteiger partial charge in [-0.05, 0) is 69.9 Å². The Balaban J connectivity index is 1.84. The molecule has 0 spiro atoms. The summed E-state index contributed by atoms with van der Waals surface area (Å²) in [4.78, 5) is 25.0. The third-order valence-corrected chi connectivity index (χ3v) is 5.63. The minimum absolute atomic E-state index is 0.0418. The molecule has 3 heterocycles. The van der Waals surface area contributed by atoms with Crippen LogP contribution < -0.4 is 0 Å². The van der Waals surface area contributed by atoms with Crippen molar-refractivity contribution in [1.82, 2.24) is 14.9 Å². The fourth-order valence-corrected chi connectivity index (χ4v) is 4.07. The highest BCUT2D eigenvalue weighted by molar-refractivity contribution is 6.08. The summed E-state index contributed by atoms with van der Waals surface area (Å²) in [5.74, 6) is 0.101. The van der Waals surface area contributed by atoms with Crippen LogP contribution in [0.1, 0.15) is 58.2 Å². The molecule has 2 aromatic heterocycles. The van der Waals surface area contributed by atoms with Gasteiger partial charge in [-0.1, -0.05) is 17.7 Å². The van der Waals surface area contributed by atoms with Crippen LogP contribution in [0.2, 0.25) is 0 Å². The largest absolute Gasteiger partial charge is 0.330 e. The van der Waals surface area contributed by atoms with Crippen LogP contribution in [0, 0.1) is 20.8 Å². The number of rotatable bonds is 2. The highest BCUT2D eigenvalue weighted by Gasteiger charge is 2.31. The van der Waals surface area contributed by atoms with Gasteiger partial charge in [-0.25, -0.2) is 0 Å². The molecule has 4 nitrogen and oxygen atoms in total. The predicted octanol–water partition coefficient (Wildman–Crippen LogP) is 4.92. The number of benzene rings is 1. The van der Waals surface area contributed by atoms with Crippen LogP contribution in [0.3, 0.4) is 0 Å². The number of carbonyl (C=O) groups is 1. The second-order valence-corrected chi connectivity index (χ2v) is 7.48. The summed E-state index contributed by atoms with van der Waals surface area (Å²) in [5.41, 5.74) is 5.70. The zero-order valence-corrected chi connectivity index (χ0v) is 16.2. The molecule has 1 saturated heterocycles. The maximum Gasteiger partial charge on any atom is 0.255 e. The minimum Gasteiger partial charge on any atom is -0.330 e. The molecule has 1 fully saturated rings. The quantitative estimate of drug-likeness (QED) is 0.652. The summed E-state index contributed by atoms with van der Waals surface area (Å²) >= 11 is 0.